The number of hydrogen-bond donors (Lipinski definition) is 4. The van der Waals surface area contributed by atoms with E-state index in [1.54, 1.807) is 0 Å². The summed E-state index contributed by atoms with van der Waals surface area (Å²) in [5.41, 5.74) is 0. The molecule has 6 nitrogen and oxygen atoms in total. The minimum Gasteiger partial charge on any atom is -0.323 e. The molecule has 0 aromatic rings. The molecular formula is C27H68N6+2. The van der Waals surface area contributed by atoms with Crippen LogP contribution in [0.4, 0.5) is 0 Å². The van der Waals surface area contributed by atoms with Gasteiger partial charge in [-0.3, -0.25) is 0 Å². The van der Waals surface area contributed by atoms with Gasteiger partial charge in [-0.1, -0.05) is 28.7 Å². The third-order valence-electron chi connectivity index (χ3n) is 6.90. The molecule has 0 atom stereocenters. The van der Waals surface area contributed by atoms with Crippen LogP contribution in [0.15, 0.2) is 0 Å². The molecule has 0 aromatic carbocycles. The van der Waals surface area contributed by atoms with Gasteiger partial charge >= 0.3 is 0 Å². The predicted molar refractivity (Wildman–Crippen MR) is 152 cm³/mol. The quantitative estimate of drug-likeness (QED) is 0.127. The largest absolute Gasteiger partial charge is 0.323 e. The third kappa shape index (κ3) is 17.8. The molecule has 33 heavy (non-hydrogen) atoms. The molecule has 0 spiro atoms. The molecule has 0 radical (unpaired) electrons. The van der Waals surface area contributed by atoms with Crippen LogP contribution in [0, 0.1) is 0 Å². The maximum atomic E-state index is 3.37. The average Bonchev–Trinajstić information content (AvgIpc) is 2.75. The molecule has 0 aliphatic carbocycles. The second-order valence-corrected chi connectivity index (χ2v) is 9.65. The molecule has 204 valence electrons. The van der Waals surface area contributed by atoms with Crippen molar-refractivity contribution < 1.29 is 8.97 Å². The third-order valence-corrected chi connectivity index (χ3v) is 6.90. The Morgan fingerprint density at radius 1 is 0.394 bits per heavy atom. The molecule has 0 aliphatic rings. The van der Waals surface area contributed by atoms with E-state index in [1.165, 1.54) is 106 Å². The highest BCUT2D eigenvalue weighted by molar-refractivity contribution is 4.55. The highest BCUT2D eigenvalue weighted by Gasteiger charge is 2.30. The van der Waals surface area contributed by atoms with Gasteiger partial charge in [0.25, 0.3) is 0 Å². The summed E-state index contributed by atoms with van der Waals surface area (Å²) in [4.78, 5) is 0. The van der Waals surface area contributed by atoms with E-state index in [4.69, 9.17) is 0 Å². The van der Waals surface area contributed by atoms with E-state index >= 15 is 0 Å². The lowest BCUT2D eigenvalue weighted by molar-refractivity contribution is -0.946. The van der Waals surface area contributed by atoms with E-state index < -0.39 is 0 Å². The SMILES string of the molecule is C.C.CCC[N+](CCCNC)(CCCNC)CCC[N+](CCC)(CCCNC)CCCNC. The summed E-state index contributed by atoms with van der Waals surface area (Å²) in [6.07, 6.45) is 9.09. The molecule has 0 amide bonds. The molecule has 0 saturated carbocycles. The number of hydrogen-bond acceptors (Lipinski definition) is 4. The van der Waals surface area contributed by atoms with Crippen LogP contribution < -0.4 is 21.3 Å². The van der Waals surface area contributed by atoms with Crippen LogP contribution in [-0.2, 0) is 0 Å². The number of nitrogens with zero attached hydrogens (tertiary/aromatic N) is 2. The first-order valence-corrected chi connectivity index (χ1v) is 13.4. The van der Waals surface area contributed by atoms with Crippen LogP contribution in [-0.4, -0.2) is 116 Å². The van der Waals surface area contributed by atoms with E-state index in [2.05, 4.69) is 63.3 Å². The van der Waals surface area contributed by atoms with Crippen LogP contribution in [0.1, 0.15) is 73.6 Å². The fraction of sp³-hybridized carbons (Fsp3) is 1.00. The van der Waals surface area contributed by atoms with E-state index in [9.17, 15) is 0 Å². The lowest BCUT2D eigenvalue weighted by Crippen LogP contribution is -2.55. The highest BCUT2D eigenvalue weighted by Crippen LogP contribution is 2.17. The van der Waals surface area contributed by atoms with Crippen molar-refractivity contribution in [3.63, 3.8) is 0 Å². The summed E-state index contributed by atoms with van der Waals surface area (Å²) in [5.74, 6) is 0. The summed E-state index contributed by atoms with van der Waals surface area (Å²) in [6.45, 7) is 20.0. The van der Waals surface area contributed by atoms with Gasteiger partial charge < -0.3 is 30.2 Å². The van der Waals surface area contributed by atoms with E-state index in [0.29, 0.717) is 0 Å². The van der Waals surface area contributed by atoms with Crippen LogP contribution in [0.25, 0.3) is 0 Å². The zero-order chi connectivity index (χ0) is 23.3. The van der Waals surface area contributed by atoms with Gasteiger partial charge in [-0.05, 0) is 41.0 Å². The topological polar surface area (TPSA) is 48.1 Å². The second-order valence-electron chi connectivity index (χ2n) is 9.65. The minimum absolute atomic E-state index is 0. The van der Waals surface area contributed by atoms with Gasteiger partial charge in [-0.25, -0.2) is 0 Å². The first-order valence-electron chi connectivity index (χ1n) is 13.4. The molecule has 0 heterocycles. The van der Waals surface area contributed by atoms with Gasteiger partial charge in [0.1, 0.15) is 0 Å². The van der Waals surface area contributed by atoms with E-state index in [1.807, 2.05) is 0 Å². The Bertz CT molecular complexity index is 324. The monoisotopic (exact) mass is 477 g/mol. The van der Waals surface area contributed by atoms with Crippen molar-refractivity contribution in [2.24, 2.45) is 0 Å². The van der Waals surface area contributed by atoms with Gasteiger partial charge in [0.05, 0.1) is 52.4 Å². The summed E-state index contributed by atoms with van der Waals surface area (Å²) in [5, 5.41) is 13.5. The first-order chi connectivity index (χ1) is 15.1. The summed E-state index contributed by atoms with van der Waals surface area (Å²) >= 11 is 0. The van der Waals surface area contributed by atoms with Crippen molar-refractivity contribution in [3.05, 3.63) is 0 Å². The highest BCUT2D eigenvalue weighted by atomic mass is 15.4. The fourth-order valence-electron chi connectivity index (χ4n) is 5.40. The summed E-state index contributed by atoms with van der Waals surface area (Å²) in [6, 6.07) is 0. The lowest BCUT2D eigenvalue weighted by atomic mass is 10.1. The van der Waals surface area contributed by atoms with Crippen LogP contribution in [0.3, 0.4) is 0 Å². The molecule has 0 fully saturated rings. The van der Waals surface area contributed by atoms with Gasteiger partial charge in [0, 0.05) is 58.3 Å². The van der Waals surface area contributed by atoms with Crippen molar-refractivity contribution in [3.8, 4) is 0 Å². The zero-order valence-corrected chi connectivity index (χ0v) is 22.3. The Kier molecular flexibility index (Phi) is 28.1. The smallest absolute Gasteiger partial charge is 0.0841 e. The molecule has 4 N–H and O–H groups in total. The van der Waals surface area contributed by atoms with Gasteiger partial charge in [0.15, 0.2) is 0 Å². The Morgan fingerprint density at radius 3 is 0.848 bits per heavy atom. The second kappa shape index (κ2) is 24.9. The molecule has 0 bridgehead atoms. The molecule has 0 saturated heterocycles. The fourth-order valence-corrected chi connectivity index (χ4v) is 5.40. The molecular weight excluding hydrogens is 408 g/mol. The van der Waals surface area contributed by atoms with Gasteiger partial charge in [-0.2, -0.15) is 0 Å². The van der Waals surface area contributed by atoms with E-state index in [0.717, 1.165) is 26.2 Å². The first kappa shape index (κ1) is 37.3. The minimum atomic E-state index is 0. The van der Waals surface area contributed by atoms with Crippen molar-refractivity contribution in [1.29, 1.82) is 0 Å². The van der Waals surface area contributed by atoms with Crippen molar-refractivity contribution in [1.82, 2.24) is 21.3 Å². The van der Waals surface area contributed by atoms with Crippen molar-refractivity contribution in [2.45, 2.75) is 73.6 Å². The molecule has 6 heteroatoms. The number of rotatable bonds is 24. The zero-order valence-electron chi connectivity index (χ0n) is 22.3. The Balaban J connectivity index is -0.00000450. The Labute approximate surface area is 210 Å². The molecule has 0 aromatic heterocycles. The van der Waals surface area contributed by atoms with Crippen LogP contribution in [0.5, 0.6) is 0 Å². The van der Waals surface area contributed by atoms with Crippen LogP contribution in [0.2, 0.25) is 0 Å². The van der Waals surface area contributed by atoms with Crippen LogP contribution >= 0.6 is 0 Å². The lowest BCUT2D eigenvalue weighted by Gasteiger charge is -2.42. The molecule has 0 rings (SSSR count). The van der Waals surface area contributed by atoms with Gasteiger partial charge in [0.2, 0.25) is 0 Å². The van der Waals surface area contributed by atoms with Gasteiger partial charge in [-0.15, -0.1) is 0 Å². The normalized spacial score (nSPS) is 11.8. The van der Waals surface area contributed by atoms with E-state index in [-0.39, 0.29) is 14.9 Å². The Hall–Kier alpha value is -0.240. The molecule has 0 unspecified atom stereocenters. The maximum absolute atomic E-state index is 3.37. The summed E-state index contributed by atoms with van der Waals surface area (Å²) < 4.78 is 2.64. The van der Waals surface area contributed by atoms with Crippen molar-refractivity contribution in [2.75, 3.05) is 107 Å². The maximum Gasteiger partial charge on any atom is 0.0841 e. The standard InChI is InChI=1S/C25H60N6.2CH4/c1-7-18-30(20-9-14-26-3,21-10-15-27-4)24-13-25-31(19-8-2,22-11-16-28-5)23-12-17-29-6;;/h26-29H,7-25H2,1-6H3;2*1H4/q+2;;. The predicted octanol–water partition coefficient (Wildman–Crippen LogP) is 3.54. The Morgan fingerprint density at radius 2 is 0.636 bits per heavy atom. The average molecular weight is 477 g/mol. The van der Waals surface area contributed by atoms with Crippen molar-refractivity contribution >= 4 is 0 Å². The number of quaternary nitrogens is 2. The molecule has 0 aliphatic heterocycles. The number of nitrogens with one attached hydrogen (secondary N) is 4. The summed E-state index contributed by atoms with van der Waals surface area (Å²) in [7, 11) is 8.34.